The number of hydrogen-bond donors (Lipinski definition) is 2. The number of phenols is 1. The fourth-order valence-electron chi connectivity index (χ4n) is 3.43. The van der Waals surface area contributed by atoms with E-state index in [0.717, 1.165) is 21.9 Å². The van der Waals surface area contributed by atoms with Gasteiger partial charge in [-0.1, -0.05) is 91.0 Å². The molecule has 0 aliphatic heterocycles. The number of hydrazone groups is 1. The summed E-state index contributed by atoms with van der Waals surface area (Å²) in [5.41, 5.74) is 4.99. The largest absolute Gasteiger partial charge is 0.507 e. The third-order valence-corrected chi connectivity index (χ3v) is 4.84. The number of carbonyl (C=O) groups excluding carboxylic acids is 1. The van der Waals surface area contributed by atoms with E-state index >= 15 is 0 Å². The highest BCUT2D eigenvalue weighted by Crippen LogP contribution is 2.26. The Morgan fingerprint density at radius 3 is 2.03 bits per heavy atom. The van der Waals surface area contributed by atoms with Gasteiger partial charge in [-0.15, -0.1) is 0 Å². The molecule has 0 saturated heterocycles. The van der Waals surface area contributed by atoms with Gasteiger partial charge in [-0.3, -0.25) is 4.79 Å². The van der Waals surface area contributed by atoms with Gasteiger partial charge in [-0.2, -0.15) is 5.10 Å². The van der Waals surface area contributed by atoms with E-state index in [0.29, 0.717) is 5.56 Å². The van der Waals surface area contributed by atoms with Crippen LogP contribution in [0.1, 0.15) is 22.6 Å². The number of amides is 1. The van der Waals surface area contributed by atoms with Crippen LogP contribution in [0.2, 0.25) is 0 Å². The number of rotatable bonds is 5. The molecule has 4 aromatic rings. The maximum atomic E-state index is 13.0. The third-order valence-electron chi connectivity index (χ3n) is 4.84. The van der Waals surface area contributed by atoms with E-state index in [1.54, 1.807) is 6.07 Å². The molecular formula is C25H20N2O2. The minimum Gasteiger partial charge on any atom is -0.507 e. The Labute approximate surface area is 169 Å². The van der Waals surface area contributed by atoms with Crippen LogP contribution < -0.4 is 5.43 Å². The summed E-state index contributed by atoms with van der Waals surface area (Å²) in [7, 11) is 0. The molecule has 0 atom stereocenters. The number of nitrogens with zero attached hydrogens (tertiary/aromatic N) is 1. The second-order valence-electron chi connectivity index (χ2n) is 6.71. The summed E-state index contributed by atoms with van der Waals surface area (Å²) in [6, 6.07) is 30.4. The molecule has 0 aromatic heterocycles. The number of aromatic hydroxyl groups is 1. The minimum absolute atomic E-state index is 0.115. The van der Waals surface area contributed by atoms with Crippen LogP contribution in [0.25, 0.3) is 10.8 Å². The van der Waals surface area contributed by atoms with Crippen molar-refractivity contribution < 1.29 is 9.90 Å². The van der Waals surface area contributed by atoms with Crippen molar-refractivity contribution in [1.29, 1.82) is 0 Å². The molecule has 0 heterocycles. The van der Waals surface area contributed by atoms with E-state index in [2.05, 4.69) is 10.5 Å². The number of fused-ring (bicyclic) bond motifs is 1. The first-order valence-electron chi connectivity index (χ1n) is 9.37. The molecule has 0 aliphatic carbocycles. The molecule has 0 aliphatic rings. The van der Waals surface area contributed by atoms with Crippen LogP contribution in [0.3, 0.4) is 0 Å². The molecule has 4 rings (SSSR count). The summed E-state index contributed by atoms with van der Waals surface area (Å²) < 4.78 is 0. The summed E-state index contributed by atoms with van der Waals surface area (Å²) >= 11 is 0. The molecule has 0 unspecified atom stereocenters. The van der Waals surface area contributed by atoms with E-state index in [4.69, 9.17) is 0 Å². The van der Waals surface area contributed by atoms with Crippen LogP contribution in [-0.4, -0.2) is 17.2 Å². The lowest BCUT2D eigenvalue weighted by atomic mass is 9.91. The predicted molar refractivity (Wildman–Crippen MR) is 116 cm³/mol. The second kappa shape index (κ2) is 8.40. The first-order chi connectivity index (χ1) is 14.2. The van der Waals surface area contributed by atoms with Gasteiger partial charge in [0.2, 0.25) is 0 Å². The van der Waals surface area contributed by atoms with Crippen molar-refractivity contribution in [3.05, 3.63) is 114 Å². The van der Waals surface area contributed by atoms with Crippen molar-refractivity contribution in [3.8, 4) is 5.75 Å². The molecule has 29 heavy (non-hydrogen) atoms. The Bertz CT molecular complexity index is 1120. The van der Waals surface area contributed by atoms with E-state index in [1.165, 1.54) is 6.21 Å². The molecule has 0 saturated carbocycles. The summed E-state index contributed by atoms with van der Waals surface area (Å²) in [6.07, 6.45) is 1.49. The lowest BCUT2D eigenvalue weighted by Gasteiger charge is -2.16. The smallest absolute Gasteiger partial charge is 0.252 e. The molecule has 0 bridgehead atoms. The van der Waals surface area contributed by atoms with E-state index in [9.17, 15) is 9.90 Å². The van der Waals surface area contributed by atoms with Crippen molar-refractivity contribution in [1.82, 2.24) is 5.43 Å². The van der Waals surface area contributed by atoms with Crippen molar-refractivity contribution in [2.75, 3.05) is 0 Å². The Hall–Kier alpha value is -3.92. The molecule has 4 nitrogen and oxygen atoms in total. The molecular weight excluding hydrogens is 360 g/mol. The monoisotopic (exact) mass is 380 g/mol. The van der Waals surface area contributed by atoms with Crippen LogP contribution in [0, 0.1) is 0 Å². The Morgan fingerprint density at radius 2 is 1.38 bits per heavy atom. The SMILES string of the molecule is O=C(NN=Cc1c(O)ccc2ccccc12)C(c1ccccc1)c1ccccc1. The first-order valence-corrected chi connectivity index (χ1v) is 9.37. The average molecular weight is 380 g/mol. The van der Waals surface area contributed by atoms with Crippen molar-refractivity contribution in [2.24, 2.45) is 5.10 Å². The van der Waals surface area contributed by atoms with Gasteiger partial charge in [-0.05, 0) is 28.0 Å². The molecule has 4 aromatic carbocycles. The van der Waals surface area contributed by atoms with Crippen LogP contribution in [0.4, 0.5) is 0 Å². The molecule has 4 heteroatoms. The van der Waals surface area contributed by atoms with Crippen LogP contribution in [-0.2, 0) is 4.79 Å². The summed E-state index contributed by atoms with van der Waals surface area (Å²) in [4.78, 5) is 13.0. The third kappa shape index (κ3) is 4.01. The Balaban J connectivity index is 1.62. The van der Waals surface area contributed by atoms with Gasteiger partial charge in [0.1, 0.15) is 5.75 Å². The highest BCUT2D eigenvalue weighted by atomic mass is 16.3. The number of benzene rings is 4. The average Bonchev–Trinajstić information content (AvgIpc) is 2.77. The summed E-state index contributed by atoms with van der Waals surface area (Å²) in [6.45, 7) is 0. The fourth-order valence-corrected chi connectivity index (χ4v) is 3.43. The van der Waals surface area contributed by atoms with Crippen molar-refractivity contribution in [3.63, 3.8) is 0 Å². The topological polar surface area (TPSA) is 61.7 Å². The highest BCUT2D eigenvalue weighted by Gasteiger charge is 2.22. The normalized spacial score (nSPS) is 11.2. The maximum Gasteiger partial charge on any atom is 0.252 e. The second-order valence-corrected chi connectivity index (χ2v) is 6.71. The first kappa shape index (κ1) is 18.4. The van der Waals surface area contributed by atoms with E-state index in [1.807, 2.05) is 91.0 Å². The van der Waals surface area contributed by atoms with Gasteiger partial charge in [0.15, 0.2) is 0 Å². The molecule has 0 spiro atoms. The van der Waals surface area contributed by atoms with Gasteiger partial charge in [-0.25, -0.2) is 5.43 Å². The molecule has 142 valence electrons. The van der Waals surface area contributed by atoms with Crippen LogP contribution >= 0.6 is 0 Å². The van der Waals surface area contributed by atoms with Gasteiger partial charge >= 0.3 is 0 Å². The molecule has 0 radical (unpaired) electrons. The number of carbonyl (C=O) groups is 1. The van der Waals surface area contributed by atoms with Gasteiger partial charge < -0.3 is 5.11 Å². The van der Waals surface area contributed by atoms with E-state index in [-0.39, 0.29) is 11.7 Å². The summed E-state index contributed by atoms with van der Waals surface area (Å²) in [5.74, 6) is -0.599. The Morgan fingerprint density at radius 1 is 0.793 bits per heavy atom. The van der Waals surface area contributed by atoms with E-state index < -0.39 is 5.92 Å². The number of phenolic OH excluding ortho intramolecular Hbond substituents is 1. The van der Waals surface area contributed by atoms with Crippen molar-refractivity contribution >= 4 is 22.9 Å². The minimum atomic E-state index is -0.476. The standard InChI is InChI=1S/C25H20N2O2/c28-23-16-15-18-9-7-8-14-21(18)22(23)17-26-27-25(29)24(19-10-3-1-4-11-19)20-12-5-2-6-13-20/h1-17,24,28H,(H,27,29). The zero-order valence-corrected chi connectivity index (χ0v) is 15.7. The Kier molecular flexibility index (Phi) is 5.34. The van der Waals surface area contributed by atoms with Crippen molar-refractivity contribution in [2.45, 2.75) is 5.92 Å². The fraction of sp³-hybridized carbons (Fsp3) is 0.0400. The predicted octanol–water partition coefficient (Wildman–Crippen LogP) is 4.83. The van der Waals surface area contributed by atoms with Gasteiger partial charge in [0.05, 0.1) is 12.1 Å². The zero-order chi connectivity index (χ0) is 20.1. The van der Waals surface area contributed by atoms with Gasteiger partial charge in [0.25, 0.3) is 5.91 Å². The number of nitrogens with one attached hydrogen (secondary N) is 1. The van der Waals surface area contributed by atoms with Gasteiger partial charge in [0, 0.05) is 5.56 Å². The highest BCUT2D eigenvalue weighted by molar-refractivity contribution is 6.02. The summed E-state index contributed by atoms with van der Waals surface area (Å²) in [5, 5.41) is 16.2. The van der Waals surface area contributed by atoms with Crippen LogP contribution in [0.5, 0.6) is 5.75 Å². The molecule has 0 fully saturated rings. The molecule has 1 amide bonds. The maximum absolute atomic E-state index is 13.0. The number of hydrogen-bond acceptors (Lipinski definition) is 3. The quantitative estimate of drug-likeness (QED) is 0.385. The lowest BCUT2D eigenvalue weighted by Crippen LogP contribution is -2.26. The van der Waals surface area contributed by atoms with Crippen LogP contribution in [0.15, 0.2) is 102 Å². The zero-order valence-electron chi connectivity index (χ0n) is 15.7. The lowest BCUT2D eigenvalue weighted by molar-refractivity contribution is -0.121. The molecule has 2 N–H and O–H groups in total.